The number of aliphatic hydroxyl groups excluding tert-OH is 3. The molecule has 4 aromatic heterocycles. The second-order valence-corrected chi connectivity index (χ2v) is 16.3. The molecule has 3 aliphatic heterocycles. The first-order valence-corrected chi connectivity index (χ1v) is 20.1. The van der Waals surface area contributed by atoms with Gasteiger partial charge in [-0.1, -0.05) is 24.4 Å². The average Bonchev–Trinajstić information content (AvgIpc) is 3.82. The van der Waals surface area contributed by atoms with Gasteiger partial charge in [-0.15, -0.1) is 12.2 Å². The number of thiol groups is 2. The van der Waals surface area contributed by atoms with Gasteiger partial charge in [0.05, 0.1) is 38.0 Å². The van der Waals surface area contributed by atoms with E-state index in [0.717, 1.165) is 0 Å². The van der Waals surface area contributed by atoms with E-state index >= 15 is 0 Å². The fourth-order valence-electron chi connectivity index (χ4n) is 5.94. The Morgan fingerprint density at radius 3 is 2.08 bits per heavy atom. The summed E-state index contributed by atoms with van der Waals surface area (Å²) in [5.74, 6) is 0.886. The van der Waals surface area contributed by atoms with E-state index in [1.807, 2.05) is 12.2 Å². The Balaban J connectivity index is 1.23. The zero-order chi connectivity index (χ0) is 33.6. The minimum atomic E-state index is -4.06. The van der Waals surface area contributed by atoms with Crippen molar-refractivity contribution in [1.29, 1.82) is 0 Å². The smallest absolute Gasteiger partial charge is 0.324 e. The van der Waals surface area contributed by atoms with E-state index in [2.05, 4.69) is 75.2 Å². The molecule has 0 saturated carbocycles. The molecule has 3 aliphatic rings. The standard InChI is InChI=1S/C24H32N12O8P2S2/c37-5-11-14-18(39)24(43-11)36-10-32-16-20(28-8-30-22(16)36)26-4-2-1-3-25-19-15-21(29-7-27-19)35(9-31-15)23-17(38)13(33-45(40)47)12(44-23)6-42-46(41,48)34-14/h1-2,7-14,17-18,23-24,37-39,45H,3-6H2,(H,25,27,29)(H,26,28,30)(H2,33,40,47)(H2,34,41,48)/b2-1+/t11?,12?,13?,14-,17-,18-,23?,24-,46?/m1/s1. The van der Waals surface area contributed by atoms with Crippen LogP contribution in [0.4, 0.5) is 11.6 Å². The highest BCUT2D eigenvalue weighted by molar-refractivity contribution is 8.45. The lowest BCUT2D eigenvalue weighted by Gasteiger charge is -2.26. The first-order valence-electron chi connectivity index (χ1n) is 14.7. The van der Waals surface area contributed by atoms with Crippen molar-refractivity contribution in [2.24, 2.45) is 0 Å². The number of hydrogen-bond acceptors (Lipinski definition) is 16. The Hall–Kier alpha value is -2.72. The van der Waals surface area contributed by atoms with Gasteiger partial charge in [0.15, 0.2) is 53.6 Å². The van der Waals surface area contributed by atoms with Gasteiger partial charge in [-0.25, -0.2) is 35.0 Å². The Morgan fingerprint density at radius 2 is 1.52 bits per heavy atom. The maximum Gasteiger partial charge on any atom is 0.324 e. The molecule has 0 radical (unpaired) electrons. The molecular weight excluding hydrogens is 710 g/mol. The molecule has 2 saturated heterocycles. The van der Waals surface area contributed by atoms with Gasteiger partial charge < -0.3 is 40.0 Å². The quantitative estimate of drug-likeness (QED) is 0.0752. The first-order chi connectivity index (χ1) is 23.1. The summed E-state index contributed by atoms with van der Waals surface area (Å²) >= 11 is 8.20. The molecule has 2 fully saturated rings. The van der Waals surface area contributed by atoms with Crippen molar-refractivity contribution in [3.63, 3.8) is 0 Å². The molecule has 0 aliphatic carbocycles. The largest absolute Gasteiger partial charge is 0.394 e. The van der Waals surface area contributed by atoms with Crippen LogP contribution in [0.2, 0.25) is 0 Å². The summed E-state index contributed by atoms with van der Waals surface area (Å²) in [5, 5.41) is 44.6. The SMILES string of the molecule is O=[PH](S)NC1C2COP(=O)(S)N[C@@H]3C(CO)O[C@H]([C@@H]3O)n3cnc4c(ncnc43)NC/C=C/CNc3ncnc4c3ncn4C(O2)[C@@H]1O. The minimum Gasteiger partial charge on any atom is -0.394 e. The van der Waals surface area contributed by atoms with E-state index in [9.17, 15) is 24.4 Å². The molecule has 7 heterocycles. The number of ether oxygens (including phenoxy) is 2. The van der Waals surface area contributed by atoms with E-state index in [1.165, 1.54) is 34.4 Å². The van der Waals surface area contributed by atoms with Crippen molar-refractivity contribution in [2.75, 3.05) is 36.9 Å². The van der Waals surface area contributed by atoms with Crippen molar-refractivity contribution >= 4 is 72.3 Å². The summed E-state index contributed by atoms with van der Waals surface area (Å²) in [6.45, 7) is -4.23. The van der Waals surface area contributed by atoms with Crippen LogP contribution in [0.5, 0.6) is 0 Å². The Labute approximate surface area is 282 Å². The normalized spacial score (nSPS) is 34.2. The lowest BCUT2D eigenvalue weighted by Crippen LogP contribution is -2.45. The van der Waals surface area contributed by atoms with Crippen LogP contribution in [0.25, 0.3) is 22.3 Å². The Kier molecular flexibility index (Phi) is 9.77. The molecule has 24 heteroatoms. The van der Waals surface area contributed by atoms with Gasteiger partial charge in [0, 0.05) is 13.1 Å². The highest BCUT2D eigenvalue weighted by Crippen LogP contribution is 2.51. The van der Waals surface area contributed by atoms with Gasteiger partial charge in [0.25, 0.3) is 0 Å². The Bertz CT molecular complexity index is 1900. The summed E-state index contributed by atoms with van der Waals surface area (Å²) in [5.41, 5.74) is 1.53. The summed E-state index contributed by atoms with van der Waals surface area (Å²) in [6.07, 6.45) is 2.45. The second-order valence-electron chi connectivity index (χ2n) is 11.1. The van der Waals surface area contributed by atoms with Crippen LogP contribution in [0.15, 0.2) is 37.5 Å². The van der Waals surface area contributed by atoms with Crippen molar-refractivity contribution in [2.45, 2.75) is 49.0 Å². The van der Waals surface area contributed by atoms with Crippen LogP contribution in [0.1, 0.15) is 12.5 Å². The monoisotopic (exact) mass is 742 g/mol. The number of nitrogens with zero attached hydrogens (tertiary/aromatic N) is 8. The lowest BCUT2D eigenvalue weighted by atomic mass is 10.1. The molecule has 7 N–H and O–H groups in total. The summed E-state index contributed by atoms with van der Waals surface area (Å²) < 4.78 is 46.6. The molecule has 48 heavy (non-hydrogen) atoms. The third kappa shape index (κ3) is 6.48. The van der Waals surface area contributed by atoms with Crippen LogP contribution < -0.4 is 20.8 Å². The number of aliphatic hydroxyl groups is 3. The number of hydrogen-bond donors (Lipinski definition) is 9. The fraction of sp³-hybridized carbons (Fsp3) is 0.500. The number of anilines is 2. The number of aromatic nitrogens is 8. The molecule has 6 unspecified atom stereocenters. The molecule has 20 nitrogen and oxygen atoms in total. The van der Waals surface area contributed by atoms with Gasteiger partial charge in [-0.3, -0.25) is 23.4 Å². The third-order valence-corrected chi connectivity index (χ3v) is 10.9. The topological polar surface area (TPSA) is 258 Å². The molecule has 4 aromatic rings. The predicted molar refractivity (Wildman–Crippen MR) is 178 cm³/mol. The first kappa shape index (κ1) is 33.8. The van der Waals surface area contributed by atoms with Gasteiger partial charge in [-0.05, 0) is 0 Å². The molecule has 258 valence electrons. The van der Waals surface area contributed by atoms with Gasteiger partial charge >= 0.3 is 6.72 Å². The van der Waals surface area contributed by atoms with E-state index in [1.54, 1.807) is 0 Å². The van der Waals surface area contributed by atoms with Crippen LogP contribution in [0.3, 0.4) is 0 Å². The summed E-state index contributed by atoms with van der Waals surface area (Å²) in [6, 6.07) is -2.09. The van der Waals surface area contributed by atoms with Gasteiger partial charge in [0.2, 0.25) is 0 Å². The maximum absolute atomic E-state index is 13.6. The lowest BCUT2D eigenvalue weighted by molar-refractivity contribution is -0.0489. The van der Waals surface area contributed by atoms with E-state index in [0.29, 0.717) is 47.1 Å². The van der Waals surface area contributed by atoms with Crippen molar-refractivity contribution in [3.05, 3.63) is 37.5 Å². The maximum atomic E-state index is 13.6. The number of rotatable bonds is 3. The number of nitrogens with one attached hydrogen (secondary N) is 4. The number of fused-ring (bicyclic) bond motifs is 6. The van der Waals surface area contributed by atoms with Gasteiger partial charge in [-0.2, -0.15) is 0 Å². The van der Waals surface area contributed by atoms with Crippen LogP contribution >= 0.6 is 38.4 Å². The molecule has 12 bridgehead atoms. The van der Waals surface area contributed by atoms with Crippen LogP contribution in [-0.4, -0.2) is 117 Å². The molecule has 10 atom stereocenters. The van der Waals surface area contributed by atoms with E-state index in [4.69, 9.17) is 14.0 Å². The molecule has 0 amide bonds. The summed E-state index contributed by atoms with van der Waals surface area (Å²) in [7, 11) is -2.64. The zero-order valence-corrected chi connectivity index (χ0v) is 28.4. The third-order valence-electron chi connectivity index (χ3n) is 8.15. The highest BCUT2D eigenvalue weighted by atomic mass is 32.7. The molecular formula is C24H32N12O8P2S2. The second kappa shape index (κ2) is 13.9. The van der Waals surface area contributed by atoms with Crippen molar-refractivity contribution in [1.82, 2.24) is 49.2 Å². The van der Waals surface area contributed by atoms with Crippen LogP contribution in [-0.2, 0) is 23.1 Å². The van der Waals surface area contributed by atoms with E-state index in [-0.39, 0.29) is 0 Å². The molecule has 0 spiro atoms. The Morgan fingerprint density at radius 1 is 0.938 bits per heavy atom. The fourth-order valence-corrected chi connectivity index (χ4v) is 8.74. The average molecular weight is 743 g/mol. The van der Waals surface area contributed by atoms with Gasteiger partial charge in [0.1, 0.15) is 37.1 Å². The van der Waals surface area contributed by atoms with Crippen LogP contribution in [0, 0.1) is 0 Å². The minimum absolute atomic E-state index is 0.347. The van der Waals surface area contributed by atoms with E-state index < -0.39 is 76.0 Å². The summed E-state index contributed by atoms with van der Waals surface area (Å²) in [4.78, 5) is 26.1. The highest BCUT2D eigenvalue weighted by Gasteiger charge is 2.49. The zero-order valence-electron chi connectivity index (χ0n) is 24.7. The van der Waals surface area contributed by atoms with Crippen molar-refractivity contribution in [3.8, 4) is 0 Å². The molecule has 0 aromatic carbocycles. The number of imidazole rings is 2. The molecule has 7 rings (SSSR count). The van der Waals surface area contributed by atoms with Crippen molar-refractivity contribution < 1.29 is 38.4 Å². The predicted octanol–water partition coefficient (Wildman–Crippen LogP) is -0.141.